The van der Waals surface area contributed by atoms with E-state index in [1.165, 1.54) is 0 Å². The molecule has 0 heterocycles. The second-order valence-corrected chi connectivity index (χ2v) is 4.52. The van der Waals surface area contributed by atoms with Gasteiger partial charge < -0.3 is 10.8 Å². The van der Waals surface area contributed by atoms with E-state index in [1.54, 1.807) is 18.2 Å². The van der Waals surface area contributed by atoms with E-state index in [2.05, 4.69) is 6.92 Å². The summed E-state index contributed by atoms with van der Waals surface area (Å²) in [4.78, 5) is 11.0. The number of hydrogen-bond donors (Lipinski definition) is 2. The number of carbonyl (C=O) groups is 1. The van der Waals surface area contributed by atoms with E-state index in [9.17, 15) is 4.79 Å². The van der Waals surface area contributed by atoms with Crippen molar-refractivity contribution in [2.24, 2.45) is 5.73 Å². The first-order valence-corrected chi connectivity index (χ1v) is 6.31. The average molecular weight is 255 g/mol. The van der Waals surface area contributed by atoms with Crippen LogP contribution < -0.4 is 5.73 Å². The summed E-state index contributed by atoms with van der Waals surface area (Å²) >= 11 is 0. The molecule has 1 atom stereocenters. The van der Waals surface area contributed by atoms with Crippen LogP contribution in [0.5, 0.6) is 0 Å². The van der Waals surface area contributed by atoms with Crippen molar-refractivity contribution in [1.29, 1.82) is 0 Å². The standard InChI is InChI=1S/C16H17NO2/c1-2-15(17)12-8-6-11(7-9-12)13-4-3-5-14(10-13)16(18)19/h3-10,15H,2,17H2,1H3,(H,18,19). The maximum absolute atomic E-state index is 11.0. The molecule has 2 aromatic rings. The SMILES string of the molecule is CCC(N)c1ccc(-c2cccc(C(=O)O)c2)cc1. The van der Waals surface area contributed by atoms with Gasteiger partial charge in [0.2, 0.25) is 0 Å². The zero-order valence-electron chi connectivity index (χ0n) is 10.8. The zero-order valence-corrected chi connectivity index (χ0v) is 10.8. The average Bonchev–Trinajstić information content (AvgIpc) is 2.46. The molecule has 0 aliphatic carbocycles. The normalized spacial score (nSPS) is 12.1. The van der Waals surface area contributed by atoms with Crippen LogP contribution in [0.25, 0.3) is 11.1 Å². The number of benzene rings is 2. The van der Waals surface area contributed by atoms with Crippen molar-refractivity contribution in [2.45, 2.75) is 19.4 Å². The van der Waals surface area contributed by atoms with Gasteiger partial charge in [-0.15, -0.1) is 0 Å². The summed E-state index contributed by atoms with van der Waals surface area (Å²) in [5.74, 6) is -0.911. The second kappa shape index (κ2) is 5.67. The molecular formula is C16H17NO2. The van der Waals surface area contributed by atoms with Gasteiger partial charge in [0.1, 0.15) is 0 Å². The molecule has 2 aromatic carbocycles. The Labute approximate surface area is 112 Å². The molecule has 0 bridgehead atoms. The van der Waals surface area contributed by atoms with Crippen molar-refractivity contribution in [2.75, 3.05) is 0 Å². The van der Waals surface area contributed by atoms with Crippen LogP contribution >= 0.6 is 0 Å². The van der Waals surface area contributed by atoms with E-state index >= 15 is 0 Å². The Morgan fingerprint density at radius 3 is 2.42 bits per heavy atom. The van der Waals surface area contributed by atoms with Gasteiger partial charge in [0.05, 0.1) is 5.56 Å². The summed E-state index contributed by atoms with van der Waals surface area (Å²) in [6.45, 7) is 2.05. The third-order valence-electron chi connectivity index (χ3n) is 3.22. The minimum Gasteiger partial charge on any atom is -0.478 e. The number of nitrogens with two attached hydrogens (primary N) is 1. The van der Waals surface area contributed by atoms with Gasteiger partial charge >= 0.3 is 5.97 Å². The quantitative estimate of drug-likeness (QED) is 0.879. The first-order valence-electron chi connectivity index (χ1n) is 6.31. The molecule has 0 aliphatic heterocycles. The van der Waals surface area contributed by atoms with E-state index in [1.807, 2.05) is 30.3 Å². The lowest BCUT2D eigenvalue weighted by molar-refractivity contribution is 0.0697. The van der Waals surface area contributed by atoms with Gasteiger partial charge in [-0.1, -0.05) is 43.3 Å². The number of carboxylic acid groups (broad SMARTS) is 1. The van der Waals surface area contributed by atoms with Gasteiger partial charge in [-0.3, -0.25) is 0 Å². The van der Waals surface area contributed by atoms with E-state index in [-0.39, 0.29) is 6.04 Å². The Balaban J connectivity index is 2.32. The third kappa shape index (κ3) is 3.01. The maximum atomic E-state index is 11.0. The van der Waals surface area contributed by atoms with Gasteiger partial charge in [-0.05, 0) is 35.2 Å². The van der Waals surface area contributed by atoms with Crippen molar-refractivity contribution >= 4 is 5.97 Å². The Hall–Kier alpha value is -2.13. The zero-order chi connectivity index (χ0) is 13.8. The first-order chi connectivity index (χ1) is 9.11. The molecule has 0 saturated heterocycles. The van der Waals surface area contributed by atoms with E-state index in [0.29, 0.717) is 5.56 Å². The summed E-state index contributed by atoms with van der Waals surface area (Å²) in [6.07, 6.45) is 0.897. The molecule has 0 amide bonds. The molecule has 19 heavy (non-hydrogen) atoms. The molecular weight excluding hydrogens is 238 g/mol. The van der Waals surface area contributed by atoms with Crippen LogP contribution in [0, 0.1) is 0 Å². The van der Waals surface area contributed by atoms with Crippen LogP contribution in [0.1, 0.15) is 35.3 Å². The fourth-order valence-corrected chi connectivity index (χ4v) is 1.99. The fraction of sp³-hybridized carbons (Fsp3) is 0.188. The number of aromatic carboxylic acids is 1. The largest absolute Gasteiger partial charge is 0.478 e. The van der Waals surface area contributed by atoms with Gasteiger partial charge in [-0.25, -0.2) is 4.79 Å². The van der Waals surface area contributed by atoms with E-state index in [4.69, 9.17) is 10.8 Å². The smallest absolute Gasteiger partial charge is 0.335 e. The number of hydrogen-bond acceptors (Lipinski definition) is 2. The topological polar surface area (TPSA) is 63.3 Å². The van der Waals surface area contributed by atoms with Crippen molar-refractivity contribution in [3.8, 4) is 11.1 Å². The summed E-state index contributed by atoms with van der Waals surface area (Å²) in [5, 5.41) is 8.99. The summed E-state index contributed by atoms with van der Waals surface area (Å²) in [5.41, 5.74) is 9.26. The van der Waals surface area contributed by atoms with Crippen LogP contribution in [0.4, 0.5) is 0 Å². The first kappa shape index (κ1) is 13.3. The lowest BCUT2D eigenvalue weighted by Crippen LogP contribution is -2.08. The van der Waals surface area contributed by atoms with Gasteiger partial charge in [-0.2, -0.15) is 0 Å². The molecule has 0 saturated carbocycles. The Morgan fingerprint density at radius 1 is 1.16 bits per heavy atom. The van der Waals surface area contributed by atoms with Crippen LogP contribution in [0.2, 0.25) is 0 Å². The highest BCUT2D eigenvalue weighted by atomic mass is 16.4. The summed E-state index contributed by atoms with van der Waals surface area (Å²) in [6, 6.07) is 14.9. The number of rotatable bonds is 4. The lowest BCUT2D eigenvalue weighted by Gasteiger charge is -2.10. The monoisotopic (exact) mass is 255 g/mol. The lowest BCUT2D eigenvalue weighted by atomic mass is 9.99. The van der Waals surface area contributed by atoms with Crippen LogP contribution in [0.3, 0.4) is 0 Å². The Kier molecular flexibility index (Phi) is 3.97. The molecule has 1 unspecified atom stereocenters. The van der Waals surface area contributed by atoms with Crippen LogP contribution in [-0.4, -0.2) is 11.1 Å². The van der Waals surface area contributed by atoms with Crippen LogP contribution in [-0.2, 0) is 0 Å². The maximum Gasteiger partial charge on any atom is 0.335 e. The highest BCUT2D eigenvalue weighted by molar-refractivity contribution is 5.89. The molecule has 0 aliphatic rings. The molecule has 98 valence electrons. The van der Waals surface area contributed by atoms with Crippen molar-refractivity contribution < 1.29 is 9.90 Å². The molecule has 3 heteroatoms. The molecule has 0 radical (unpaired) electrons. The predicted molar refractivity (Wildman–Crippen MR) is 76.1 cm³/mol. The predicted octanol–water partition coefficient (Wildman–Crippen LogP) is 3.46. The van der Waals surface area contributed by atoms with Crippen molar-refractivity contribution in [3.63, 3.8) is 0 Å². The van der Waals surface area contributed by atoms with Gasteiger partial charge in [0.15, 0.2) is 0 Å². The Morgan fingerprint density at radius 2 is 1.84 bits per heavy atom. The van der Waals surface area contributed by atoms with Gasteiger partial charge in [0.25, 0.3) is 0 Å². The molecule has 2 rings (SSSR count). The van der Waals surface area contributed by atoms with E-state index in [0.717, 1.165) is 23.1 Å². The molecule has 0 spiro atoms. The number of carboxylic acids is 1. The van der Waals surface area contributed by atoms with Gasteiger partial charge in [0, 0.05) is 6.04 Å². The van der Waals surface area contributed by atoms with E-state index < -0.39 is 5.97 Å². The van der Waals surface area contributed by atoms with Crippen molar-refractivity contribution in [3.05, 3.63) is 59.7 Å². The summed E-state index contributed by atoms with van der Waals surface area (Å²) in [7, 11) is 0. The summed E-state index contributed by atoms with van der Waals surface area (Å²) < 4.78 is 0. The fourth-order valence-electron chi connectivity index (χ4n) is 1.99. The molecule has 0 fully saturated rings. The molecule has 3 nitrogen and oxygen atoms in total. The van der Waals surface area contributed by atoms with Crippen LogP contribution in [0.15, 0.2) is 48.5 Å². The van der Waals surface area contributed by atoms with Crippen molar-refractivity contribution in [1.82, 2.24) is 0 Å². The highest BCUT2D eigenvalue weighted by Gasteiger charge is 2.06. The second-order valence-electron chi connectivity index (χ2n) is 4.52. The highest BCUT2D eigenvalue weighted by Crippen LogP contribution is 2.23. The third-order valence-corrected chi connectivity index (χ3v) is 3.22. The minimum atomic E-state index is -0.911. The molecule has 0 aromatic heterocycles. The minimum absolute atomic E-state index is 0.0550. The Bertz CT molecular complexity index is 576. The molecule has 3 N–H and O–H groups in total.